The Labute approximate surface area is 191 Å². The lowest BCUT2D eigenvalue weighted by Gasteiger charge is -2.38. The normalized spacial score (nSPS) is 19.4. The second-order valence-corrected chi connectivity index (χ2v) is 9.54. The third-order valence-corrected chi connectivity index (χ3v) is 6.93. The monoisotopic (exact) mass is 437 g/mol. The molecule has 0 radical (unpaired) electrons. The number of piperidine rings is 1. The number of likely N-dealkylation sites (N-methyl/N-ethyl adjacent to an activating group) is 1. The summed E-state index contributed by atoms with van der Waals surface area (Å²) >= 11 is 0. The number of fused-ring (bicyclic) bond motifs is 1. The van der Waals surface area contributed by atoms with Crippen molar-refractivity contribution in [3.63, 3.8) is 0 Å². The Balaban J connectivity index is 1.55. The second-order valence-electron chi connectivity index (χ2n) is 9.54. The minimum absolute atomic E-state index is 0.154. The minimum atomic E-state index is -0.606. The number of nitrogens with zero attached hydrogens (tertiary/aromatic N) is 4. The number of ether oxygens (including phenoxy) is 1. The van der Waals surface area contributed by atoms with Crippen LogP contribution in [0.2, 0.25) is 0 Å². The van der Waals surface area contributed by atoms with Crippen LogP contribution in [0.5, 0.6) is 5.75 Å². The zero-order chi connectivity index (χ0) is 22.9. The van der Waals surface area contributed by atoms with Crippen LogP contribution in [0, 0.1) is 0 Å². The average molecular weight is 438 g/mol. The number of anilines is 1. The van der Waals surface area contributed by atoms with E-state index in [1.54, 1.807) is 7.11 Å². The van der Waals surface area contributed by atoms with E-state index in [4.69, 9.17) is 14.7 Å². The molecule has 1 amide bonds. The van der Waals surface area contributed by atoms with Gasteiger partial charge in [0.1, 0.15) is 17.4 Å². The lowest BCUT2D eigenvalue weighted by molar-refractivity contribution is -0.137. The summed E-state index contributed by atoms with van der Waals surface area (Å²) < 4.78 is 5.27. The van der Waals surface area contributed by atoms with Crippen LogP contribution in [-0.4, -0.2) is 66.5 Å². The number of hydrogen-bond donors (Lipinski definition) is 1. The molecule has 0 spiro atoms. The fourth-order valence-electron chi connectivity index (χ4n) is 4.86. The highest BCUT2D eigenvalue weighted by molar-refractivity contribution is 5.87. The summed E-state index contributed by atoms with van der Waals surface area (Å²) in [6.07, 6.45) is 2.91. The van der Waals surface area contributed by atoms with Gasteiger partial charge in [0.2, 0.25) is 5.91 Å². The third-order valence-electron chi connectivity index (χ3n) is 6.93. The van der Waals surface area contributed by atoms with Gasteiger partial charge in [-0.1, -0.05) is 12.1 Å². The van der Waals surface area contributed by atoms with E-state index in [0.29, 0.717) is 6.54 Å². The molecule has 7 nitrogen and oxygen atoms in total. The van der Waals surface area contributed by atoms with Crippen LogP contribution >= 0.6 is 0 Å². The summed E-state index contributed by atoms with van der Waals surface area (Å²) in [6, 6.07) is 7.81. The maximum Gasteiger partial charge on any atom is 0.232 e. The second kappa shape index (κ2) is 9.06. The molecule has 1 atom stereocenters. The maximum absolute atomic E-state index is 13.6. The van der Waals surface area contributed by atoms with Gasteiger partial charge in [0.15, 0.2) is 0 Å². The quantitative estimate of drug-likeness (QED) is 0.775. The van der Waals surface area contributed by atoms with Crippen molar-refractivity contribution >= 4 is 11.7 Å². The number of carbonyl (C=O) groups excluding carboxylic acids is 1. The van der Waals surface area contributed by atoms with Crippen LogP contribution in [0.15, 0.2) is 24.3 Å². The summed E-state index contributed by atoms with van der Waals surface area (Å²) in [5, 5.41) is 3.28. The predicted molar refractivity (Wildman–Crippen MR) is 126 cm³/mol. The van der Waals surface area contributed by atoms with E-state index in [1.807, 2.05) is 50.1 Å². The predicted octanol–water partition coefficient (Wildman–Crippen LogP) is 3.20. The van der Waals surface area contributed by atoms with E-state index in [0.717, 1.165) is 67.5 Å². The molecule has 172 valence electrons. The molecule has 0 bridgehead atoms. The summed E-state index contributed by atoms with van der Waals surface area (Å²) in [7, 11) is 5.71. The molecule has 1 N–H and O–H groups in total. The van der Waals surface area contributed by atoms with Gasteiger partial charge in [-0.05, 0) is 51.4 Å². The first-order valence-electron chi connectivity index (χ1n) is 11.5. The lowest BCUT2D eigenvalue weighted by atomic mass is 9.82. The molecule has 2 aliphatic rings. The molecule has 1 unspecified atom stereocenters. The lowest BCUT2D eigenvalue weighted by Crippen LogP contribution is -2.47. The van der Waals surface area contributed by atoms with Crippen molar-refractivity contribution in [3.8, 4) is 5.75 Å². The van der Waals surface area contributed by atoms with Gasteiger partial charge < -0.3 is 19.9 Å². The molecule has 1 aromatic carbocycles. The van der Waals surface area contributed by atoms with Crippen LogP contribution in [-0.2, 0) is 23.2 Å². The number of aromatic nitrogens is 2. The highest BCUT2D eigenvalue weighted by Crippen LogP contribution is 2.33. The Hall–Kier alpha value is -2.67. The molecule has 2 aliphatic heterocycles. The molecule has 1 saturated heterocycles. The molecule has 1 aromatic heterocycles. The van der Waals surface area contributed by atoms with Crippen molar-refractivity contribution in [1.82, 2.24) is 19.8 Å². The number of benzene rings is 1. The van der Waals surface area contributed by atoms with Crippen molar-refractivity contribution in [1.29, 1.82) is 0 Å². The molecular formula is C25H35N5O2. The van der Waals surface area contributed by atoms with Crippen molar-refractivity contribution in [2.45, 2.75) is 51.0 Å². The van der Waals surface area contributed by atoms with Crippen molar-refractivity contribution in [2.24, 2.45) is 0 Å². The Kier molecular flexibility index (Phi) is 6.38. The van der Waals surface area contributed by atoms with Gasteiger partial charge in [-0.25, -0.2) is 9.97 Å². The first-order valence-corrected chi connectivity index (χ1v) is 11.5. The van der Waals surface area contributed by atoms with E-state index in [9.17, 15) is 4.79 Å². The number of carbonyl (C=O) groups is 1. The largest absolute Gasteiger partial charge is 0.497 e. The number of methoxy groups -OCH3 is 1. The molecule has 3 heterocycles. The van der Waals surface area contributed by atoms with Crippen LogP contribution < -0.4 is 10.1 Å². The van der Waals surface area contributed by atoms with Gasteiger partial charge >= 0.3 is 0 Å². The maximum atomic E-state index is 13.6. The standard InChI is InChI=1S/C25H35N5O2/c1-25(2,18-8-10-19(32-5)11-9-18)24(31)30-13-6-7-17(15-30)22-27-21-12-14-29(4)16-20(21)23(26-3)28-22/h8-11,17H,6-7,12-16H2,1-5H3,(H,26,27,28). The highest BCUT2D eigenvalue weighted by Gasteiger charge is 2.37. The van der Waals surface area contributed by atoms with Crippen molar-refractivity contribution in [3.05, 3.63) is 46.9 Å². The Bertz CT molecular complexity index is 956. The molecule has 7 heteroatoms. The summed E-state index contributed by atoms with van der Waals surface area (Å²) in [5.41, 5.74) is 2.75. The summed E-state index contributed by atoms with van der Waals surface area (Å²) in [6.45, 7) is 7.34. The highest BCUT2D eigenvalue weighted by atomic mass is 16.5. The van der Waals surface area contributed by atoms with Crippen LogP contribution in [0.25, 0.3) is 0 Å². The number of hydrogen-bond acceptors (Lipinski definition) is 6. The van der Waals surface area contributed by atoms with Crippen LogP contribution in [0.4, 0.5) is 5.82 Å². The van der Waals surface area contributed by atoms with Gasteiger partial charge in [0.05, 0.1) is 18.2 Å². The summed E-state index contributed by atoms with van der Waals surface area (Å²) in [5.74, 6) is 2.92. The Morgan fingerprint density at radius 2 is 1.94 bits per heavy atom. The van der Waals surface area contributed by atoms with Gasteiger partial charge in [-0.2, -0.15) is 0 Å². The Morgan fingerprint density at radius 3 is 2.62 bits per heavy atom. The van der Waals surface area contributed by atoms with E-state index >= 15 is 0 Å². The number of likely N-dealkylation sites (tertiary alicyclic amines) is 1. The van der Waals surface area contributed by atoms with E-state index in [2.05, 4.69) is 17.3 Å². The molecule has 2 aromatic rings. The molecule has 0 saturated carbocycles. The topological polar surface area (TPSA) is 70.6 Å². The van der Waals surface area contributed by atoms with E-state index < -0.39 is 5.41 Å². The fraction of sp³-hybridized carbons (Fsp3) is 0.560. The van der Waals surface area contributed by atoms with E-state index in [-0.39, 0.29) is 11.8 Å². The first-order chi connectivity index (χ1) is 15.3. The van der Waals surface area contributed by atoms with Gasteiger partial charge in [0, 0.05) is 51.1 Å². The number of nitrogens with one attached hydrogen (secondary N) is 1. The fourth-order valence-corrected chi connectivity index (χ4v) is 4.86. The van der Waals surface area contributed by atoms with Gasteiger partial charge in [-0.3, -0.25) is 4.79 Å². The smallest absolute Gasteiger partial charge is 0.232 e. The van der Waals surface area contributed by atoms with Crippen LogP contribution in [0.3, 0.4) is 0 Å². The zero-order valence-corrected chi connectivity index (χ0v) is 19.9. The number of rotatable bonds is 5. The Morgan fingerprint density at radius 1 is 1.19 bits per heavy atom. The molecule has 0 aliphatic carbocycles. The molecule has 4 rings (SSSR count). The van der Waals surface area contributed by atoms with Gasteiger partial charge in [0.25, 0.3) is 0 Å². The van der Waals surface area contributed by atoms with Gasteiger partial charge in [-0.15, -0.1) is 0 Å². The number of amides is 1. The van der Waals surface area contributed by atoms with Crippen molar-refractivity contribution < 1.29 is 9.53 Å². The molecule has 32 heavy (non-hydrogen) atoms. The average Bonchev–Trinajstić information content (AvgIpc) is 2.83. The van der Waals surface area contributed by atoms with E-state index in [1.165, 1.54) is 5.56 Å². The first kappa shape index (κ1) is 22.5. The SMILES string of the molecule is CNc1nc(C2CCCN(C(=O)C(C)(C)c3ccc(OC)cc3)C2)nc2c1CN(C)CC2. The zero-order valence-electron chi connectivity index (χ0n) is 19.9. The van der Waals surface area contributed by atoms with Crippen LogP contribution in [0.1, 0.15) is 55.3 Å². The molecule has 1 fully saturated rings. The summed E-state index contributed by atoms with van der Waals surface area (Å²) in [4.78, 5) is 27.8. The molecular weight excluding hydrogens is 402 g/mol. The minimum Gasteiger partial charge on any atom is -0.497 e. The van der Waals surface area contributed by atoms with Crippen molar-refractivity contribution in [2.75, 3.05) is 46.2 Å². The third kappa shape index (κ3) is 4.31.